The van der Waals surface area contributed by atoms with Crippen molar-refractivity contribution in [2.24, 2.45) is 0 Å². The van der Waals surface area contributed by atoms with Gasteiger partial charge >= 0.3 is 11.9 Å². The maximum absolute atomic E-state index is 10.8. The lowest BCUT2D eigenvalue weighted by Gasteiger charge is -2.06. The first kappa shape index (κ1) is 11.6. The molecule has 0 unspecified atom stereocenters. The second-order valence-corrected chi connectivity index (χ2v) is 3.93. The van der Waals surface area contributed by atoms with Crippen LogP contribution in [0.15, 0.2) is 23.1 Å². The summed E-state index contributed by atoms with van der Waals surface area (Å²) in [6.45, 7) is 1.67. The van der Waals surface area contributed by atoms with E-state index in [9.17, 15) is 9.59 Å². The lowest BCUT2D eigenvalue weighted by atomic mass is 10.1. The summed E-state index contributed by atoms with van der Waals surface area (Å²) in [5.74, 6) is -1.98. The van der Waals surface area contributed by atoms with Crippen LogP contribution in [-0.2, 0) is 4.79 Å². The van der Waals surface area contributed by atoms with Gasteiger partial charge in [0.15, 0.2) is 0 Å². The first-order valence-electron chi connectivity index (χ1n) is 4.20. The SMILES string of the molecule is Cc1c(SCC(=O)O)cccc1C(=O)O. The van der Waals surface area contributed by atoms with Crippen molar-refractivity contribution in [1.82, 2.24) is 0 Å². The summed E-state index contributed by atoms with van der Waals surface area (Å²) in [5, 5.41) is 17.3. The largest absolute Gasteiger partial charge is 0.481 e. The molecule has 0 saturated carbocycles. The van der Waals surface area contributed by atoms with Crippen molar-refractivity contribution in [2.75, 3.05) is 5.75 Å². The molecular formula is C10H10O4S. The van der Waals surface area contributed by atoms with Crippen molar-refractivity contribution in [2.45, 2.75) is 11.8 Å². The number of carboxylic acid groups (broad SMARTS) is 2. The van der Waals surface area contributed by atoms with Gasteiger partial charge in [-0.1, -0.05) is 6.07 Å². The van der Waals surface area contributed by atoms with E-state index in [1.807, 2.05) is 0 Å². The molecule has 5 heteroatoms. The van der Waals surface area contributed by atoms with E-state index in [1.54, 1.807) is 19.1 Å². The summed E-state index contributed by atoms with van der Waals surface area (Å²) in [4.78, 5) is 21.8. The standard InChI is InChI=1S/C10H10O4S/c1-6-7(10(13)14)3-2-4-8(6)15-5-9(11)12/h2-4H,5H2,1H3,(H,11,12)(H,13,14). The highest BCUT2D eigenvalue weighted by molar-refractivity contribution is 8.00. The Morgan fingerprint density at radius 2 is 2.00 bits per heavy atom. The van der Waals surface area contributed by atoms with Crippen molar-refractivity contribution in [1.29, 1.82) is 0 Å². The summed E-state index contributed by atoms with van der Waals surface area (Å²) in [6.07, 6.45) is 0. The number of rotatable bonds is 4. The Balaban J connectivity index is 2.94. The molecule has 0 aliphatic rings. The minimum absolute atomic E-state index is 0.0656. The first-order chi connectivity index (χ1) is 7.02. The zero-order valence-electron chi connectivity index (χ0n) is 8.06. The molecule has 0 spiro atoms. The van der Waals surface area contributed by atoms with Gasteiger partial charge in [0.2, 0.25) is 0 Å². The summed E-state index contributed by atoms with van der Waals surface area (Å²) >= 11 is 1.12. The highest BCUT2D eigenvalue weighted by Gasteiger charge is 2.10. The van der Waals surface area contributed by atoms with Gasteiger partial charge in [-0.3, -0.25) is 4.79 Å². The van der Waals surface area contributed by atoms with Crippen molar-refractivity contribution in [3.63, 3.8) is 0 Å². The molecule has 0 fully saturated rings. The number of aromatic carboxylic acids is 1. The summed E-state index contributed by atoms with van der Waals surface area (Å²) < 4.78 is 0. The second-order valence-electron chi connectivity index (χ2n) is 2.92. The van der Waals surface area contributed by atoms with E-state index >= 15 is 0 Å². The zero-order valence-corrected chi connectivity index (χ0v) is 8.87. The molecule has 0 amide bonds. The van der Waals surface area contributed by atoms with Crippen LogP contribution in [0.5, 0.6) is 0 Å². The number of carboxylic acids is 2. The topological polar surface area (TPSA) is 74.6 Å². The summed E-state index contributed by atoms with van der Waals surface area (Å²) in [7, 11) is 0. The Bertz CT molecular complexity index is 400. The summed E-state index contributed by atoms with van der Waals surface area (Å²) in [6, 6.07) is 4.83. The first-order valence-corrected chi connectivity index (χ1v) is 5.18. The fourth-order valence-electron chi connectivity index (χ4n) is 1.14. The lowest BCUT2D eigenvalue weighted by Crippen LogP contribution is -2.02. The van der Waals surface area contributed by atoms with Crippen LogP contribution < -0.4 is 0 Å². The molecular weight excluding hydrogens is 216 g/mol. The number of thioether (sulfide) groups is 1. The normalized spacial score (nSPS) is 9.93. The van der Waals surface area contributed by atoms with E-state index in [0.717, 1.165) is 11.8 Å². The van der Waals surface area contributed by atoms with Crippen molar-refractivity contribution in [3.05, 3.63) is 29.3 Å². The maximum atomic E-state index is 10.8. The number of hydrogen-bond donors (Lipinski definition) is 2. The van der Waals surface area contributed by atoms with Crippen LogP contribution in [-0.4, -0.2) is 27.9 Å². The molecule has 0 aromatic heterocycles. The average molecular weight is 226 g/mol. The average Bonchev–Trinajstić information content (AvgIpc) is 2.15. The fraction of sp³-hybridized carbons (Fsp3) is 0.200. The summed E-state index contributed by atoms with van der Waals surface area (Å²) in [5.41, 5.74) is 0.821. The zero-order chi connectivity index (χ0) is 11.4. The quantitative estimate of drug-likeness (QED) is 0.766. The minimum atomic E-state index is -0.995. The molecule has 0 aliphatic heterocycles. The van der Waals surface area contributed by atoms with Crippen LogP contribution in [0.1, 0.15) is 15.9 Å². The highest BCUT2D eigenvalue weighted by atomic mass is 32.2. The van der Waals surface area contributed by atoms with Gasteiger partial charge in [-0.2, -0.15) is 0 Å². The van der Waals surface area contributed by atoms with Crippen molar-refractivity contribution < 1.29 is 19.8 Å². The Morgan fingerprint density at radius 3 is 2.53 bits per heavy atom. The fourth-order valence-corrected chi connectivity index (χ4v) is 1.92. The van der Waals surface area contributed by atoms with Gasteiger partial charge in [0, 0.05) is 4.90 Å². The van der Waals surface area contributed by atoms with Crippen LogP contribution in [0.25, 0.3) is 0 Å². The number of benzene rings is 1. The Kier molecular flexibility index (Phi) is 3.74. The van der Waals surface area contributed by atoms with Gasteiger partial charge in [0.1, 0.15) is 0 Å². The van der Waals surface area contributed by atoms with Gasteiger partial charge in [-0.15, -0.1) is 11.8 Å². The number of hydrogen-bond acceptors (Lipinski definition) is 3. The molecule has 2 N–H and O–H groups in total. The van der Waals surface area contributed by atoms with E-state index in [0.29, 0.717) is 10.5 Å². The molecule has 0 heterocycles. The predicted octanol–water partition coefficient (Wildman–Crippen LogP) is 1.87. The van der Waals surface area contributed by atoms with E-state index in [2.05, 4.69) is 0 Å². The second kappa shape index (κ2) is 4.84. The van der Waals surface area contributed by atoms with E-state index in [4.69, 9.17) is 10.2 Å². The van der Waals surface area contributed by atoms with Crippen molar-refractivity contribution in [3.8, 4) is 0 Å². The van der Waals surface area contributed by atoms with Gasteiger partial charge < -0.3 is 10.2 Å². The van der Waals surface area contributed by atoms with Crippen LogP contribution >= 0.6 is 11.8 Å². The molecule has 1 aromatic carbocycles. The predicted molar refractivity (Wildman–Crippen MR) is 56.5 cm³/mol. The smallest absolute Gasteiger partial charge is 0.335 e. The Morgan fingerprint density at radius 1 is 1.33 bits per heavy atom. The number of aliphatic carboxylic acids is 1. The third-order valence-electron chi connectivity index (χ3n) is 1.87. The van der Waals surface area contributed by atoms with Crippen LogP contribution in [0.2, 0.25) is 0 Å². The maximum Gasteiger partial charge on any atom is 0.335 e. The van der Waals surface area contributed by atoms with E-state index < -0.39 is 11.9 Å². The molecule has 15 heavy (non-hydrogen) atoms. The van der Waals surface area contributed by atoms with Gasteiger partial charge in [0.05, 0.1) is 11.3 Å². The molecule has 0 atom stereocenters. The molecule has 0 radical (unpaired) electrons. The molecule has 1 rings (SSSR count). The van der Waals surface area contributed by atoms with Crippen molar-refractivity contribution >= 4 is 23.7 Å². The molecule has 0 bridgehead atoms. The van der Waals surface area contributed by atoms with Gasteiger partial charge in [-0.05, 0) is 24.6 Å². The molecule has 0 saturated heterocycles. The third kappa shape index (κ3) is 2.99. The van der Waals surface area contributed by atoms with E-state index in [-0.39, 0.29) is 11.3 Å². The molecule has 0 aliphatic carbocycles. The highest BCUT2D eigenvalue weighted by Crippen LogP contribution is 2.24. The van der Waals surface area contributed by atoms with E-state index in [1.165, 1.54) is 6.07 Å². The van der Waals surface area contributed by atoms with Gasteiger partial charge in [-0.25, -0.2) is 4.79 Å². The lowest BCUT2D eigenvalue weighted by molar-refractivity contribution is -0.133. The van der Waals surface area contributed by atoms with Crippen LogP contribution in [0.4, 0.5) is 0 Å². The molecule has 4 nitrogen and oxygen atoms in total. The number of carbonyl (C=O) groups is 2. The monoisotopic (exact) mass is 226 g/mol. The Hall–Kier alpha value is -1.49. The van der Waals surface area contributed by atoms with Crippen LogP contribution in [0, 0.1) is 6.92 Å². The molecule has 1 aromatic rings. The molecule has 80 valence electrons. The minimum Gasteiger partial charge on any atom is -0.481 e. The third-order valence-corrected chi connectivity index (χ3v) is 3.01. The van der Waals surface area contributed by atoms with Crippen LogP contribution in [0.3, 0.4) is 0 Å². The van der Waals surface area contributed by atoms with Gasteiger partial charge in [0.25, 0.3) is 0 Å². The Labute approximate surface area is 90.9 Å².